The third-order valence-electron chi connectivity index (χ3n) is 2.46. The number of aryl methyl sites for hydroxylation is 1. The van der Waals surface area contributed by atoms with Crippen molar-refractivity contribution in [2.75, 3.05) is 13.2 Å². The van der Waals surface area contributed by atoms with Gasteiger partial charge >= 0.3 is 0 Å². The molecule has 0 saturated carbocycles. The van der Waals surface area contributed by atoms with E-state index in [1.807, 2.05) is 48.5 Å². The molecule has 0 unspecified atom stereocenters. The molecule has 0 spiro atoms. The molecule has 0 radical (unpaired) electrons. The van der Waals surface area contributed by atoms with Crippen molar-refractivity contribution in [2.24, 2.45) is 0 Å². The number of rotatable bonds is 5. The van der Waals surface area contributed by atoms with Gasteiger partial charge in [0.15, 0.2) is 0 Å². The molecule has 0 fully saturated rings. The maximum atomic E-state index is 5.57. The van der Waals surface area contributed by atoms with Crippen molar-refractivity contribution < 1.29 is 9.47 Å². The van der Waals surface area contributed by atoms with Crippen molar-refractivity contribution in [1.29, 1.82) is 0 Å². The highest BCUT2D eigenvalue weighted by molar-refractivity contribution is 9.10. The Bertz CT molecular complexity index is 429. The Morgan fingerprint density at radius 2 is 1.22 bits per heavy atom. The monoisotopic (exact) mass is 306 g/mol. The molecule has 0 saturated heterocycles. The fraction of sp³-hybridized carbons (Fsp3) is 0.200. The van der Waals surface area contributed by atoms with Crippen molar-refractivity contribution in [3.05, 3.63) is 58.6 Å². The van der Waals surface area contributed by atoms with Crippen LogP contribution in [0.25, 0.3) is 0 Å². The fourth-order valence-corrected chi connectivity index (χ4v) is 1.75. The van der Waals surface area contributed by atoms with E-state index in [9.17, 15) is 0 Å². The summed E-state index contributed by atoms with van der Waals surface area (Å²) in [6, 6.07) is 15.8. The predicted molar refractivity (Wildman–Crippen MR) is 76.3 cm³/mol. The van der Waals surface area contributed by atoms with Gasteiger partial charge in [0, 0.05) is 4.47 Å². The zero-order chi connectivity index (χ0) is 12.8. The molecule has 3 heteroatoms. The van der Waals surface area contributed by atoms with E-state index < -0.39 is 0 Å². The molecule has 0 aromatic heterocycles. The summed E-state index contributed by atoms with van der Waals surface area (Å²) in [6.45, 7) is 3.13. The van der Waals surface area contributed by atoms with E-state index in [1.165, 1.54) is 5.56 Å². The lowest BCUT2D eigenvalue weighted by molar-refractivity contribution is 0.217. The standard InChI is InChI=1S/C15H15BrO2/c1-12-2-6-14(7-3-12)17-10-11-18-15-8-4-13(16)5-9-15/h2-9H,10-11H2,1H3. The van der Waals surface area contributed by atoms with E-state index in [0.717, 1.165) is 16.0 Å². The first-order valence-corrected chi connectivity index (χ1v) is 6.61. The third-order valence-corrected chi connectivity index (χ3v) is 2.98. The quantitative estimate of drug-likeness (QED) is 0.770. The van der Waals surface area contributed by atoms with Crippen molar-refractivity contribution in [3.63, 3.8) is 0 Å². The molecule has 2 rings (SSSR count). The molecule has 0 N–H and O–H groups in total. The maximum absolute atomic E-state index is 5.57. The Morgan fingerprint density at radius 1 is 0.778 bits per heavy atom. The van der Waals surface area contributed by atoms with Gasteiger partial charge in [-0.2, -0.15) is 0 Å². The average Bonchev–Trinajstić information content (AvgIpc) is 2.39. The van der Waals surface area contributed by atoms with Gasteiger partial charge in [-0.15, -0.1) is 0 Å². The van der Waals surface area contributed by atoms with E-state index in [4.69, 9.17) is 9.47 Å². The van der Waals surface area contributed by atoms with Crippen LogP contribution in [0.4, 0.5) is 0 Å². The Kier molecular flexibility index (Phi) is 4.65. The Balaban J connectivity index is 1.73. The highest BCUT2D eigenvalue weighted by atomic mass is 79.9. The Morgan fingerprint density at radius 3 is 1.72 bits per heavy atom. The van der Waals surface area contributed by atoms with Gasteiger partial charge in [-0.3, -0.25) is 0 Å². The van der Waals surface area contributed by atoms with Gasteiger partial charge in [0.2, 0.25) is 0 Å². The highest BCUT2D eigenvalue weighted by Crippen LogP contribution is 2.16. The van der Waals surface area contributed by atoms with Crippen LogP contribution in [-0.2, 0) is 0 Å². The van der Waals surface area contributed by atoms with Gasteiger partial charge in [-0.05, 0) is 43.3 Å². The Hall–Kier alpha value is -1.48. The molecular formula is C15H15BrO2. The van der Waals surface area contributed by atoms with Crippen molar-refractivity contribution in [2.45, 2.75) is 6.92 Å². The normalized spacial score (nSPS) is 10.1. The lowest BCUT2D eigenvalue weighted by Crippen LogP contribution is -2.08. The minimum atomic E-state index is 0.537. The average molecular weight is 307 g/mol. The van der Waals surface area contributed by atoms with E-state index in [2.05, 4.69) is 22.9 Å². The van der Waals surface area contributed by atoms with Crippen LogP contribution in [-0.4, -0.2) is 13.2 Å². The largest absolute Gasteiger partial charge is 0.490 e. The van der Waals surface area contributed by atoms with Gasteiger partial charge in [-0.25, -0.2) is 0 Å². The van der Waals surface area contributed by atoms with E-state index in [1.54, 1.807) is 0 Å². The number of hydrogen-bond donors (Lipinski definition) is 0. The molecule has 0 aliphatic rings. The van der Waals surface area contributed by atoms with Crippen LogP contribution in [0, 0.1) is 6.92 Å². The Labute approximate surface area is 116 Å². The minimum absolute atomic E-state index is 0.537. The second-order valence-electron chi connectivity index (χ2n) is 3.96. The van der Waals surface area contributed by atoms with Gasteiger partial charge in [0.05, 0.1) is 0 Å². The summed E-state index contributed by atoms with van der Waals surface area (Å²) in [7, 11) is 0. The minimum Gasteiger partial charge on any atom is -0.490 e. The zero-order valence-corrected chi connectivity index (χ0v) is 11.8. The molecule has 0 bridgehead atoms. The van der Waals surface area contributed by atoms with Crippen LogP contribution >= 0.6 is 15.9 Å². The number of benzene rings is 2. The molecule has 0 heterocycles. The van der Waals surface area contributed by atoms with Gasteiger partial charge in [0.25, 0.3) is 0 Å². The van der Waals surface area contributed by atoms with Crippen LogP contribution in [0.15, 0.2) is 53.0 Å². The summed E-state index contributed by atoms with van der Waals surface area (Å²) < 4.78 is 12.2. The van der Waals surface area contributed by atoms with Crippen LogP contribution < -0.4 is 9.47 Å². The summed E-state index contributed by atoms with van der Waals surface area (Å²) in [5.74, 6) is 1.73. The molecule has 0 aliphatic heterocycles. The van der Waals surface area contributed by atoms with Gasteiger partial charge in [-0.1, -0.05) is 33.6 Å². The summed E-state index contributed by atoms with van der Waals surface area (Å²) >= 11 is 3.38. The summed E-state index contributed by atoms with van der Waals surface area (Å²) in [6.07, 6.45) is 0. The molecule has 94 valence electrons. The van der Waals surface area contributed by atoms with E-state index >= 15 is 0 Å². The van der Waals surface area contributed by atoms with Crippen molar-refractivity contribution in [3.8, 4) is 11.5 Å². The summed E-state index contributed by atoms with van der Waals surface area (Å²) in [4.78, 5) is 0. The van der Waals surface area contributed by atoms with Crippen LogP contribution in [0.2, 0.25) is 0 Å². The molecule has 0 atom stereocenters. The molecule has 2 aromatic carbocycles. The first-order valence-electron chi connectivity index (χ1n) is 5.82. The molecule has 0 amide bonds. The molecule has 18 heavy (non-hydrogen) atoms. The number of hydrogen-bond acceptors (Lipinski definition) is 2. The molecule has 0 aliphatic carbocycles. The van der Waals surface area contributed by atoms with E-state index in [0.29, 0.717) is 13.2 Å². The first kappa shape index (κ1) is 13.0. The zero-order valence-electron chi connectivity index (χ0n) is 10.2. The van der Waals surface area contributed by atoms with Gasteiger partial charge < -0.3 is 9.47 Å². The summed E-state index contributed by atoms with van der Waals surface area (Å²) in [5, 5.41) is 0. The summed E-state index contributed by atoms with van der Waals surface area (Å²) in [5.41, 5.74) is 1.23. The highest BCUT2D eigenvalue weighted by Gasteiger charge is 1.95. The second kappa shape index (κ2) is 6.45. The van der Waals surface area contributed by atoms with Crippen LogP contribution in [0.1, 0.15) is 5.56 Å². The molecular weight excluding hydrogens is 292 g/mol. The molecule has 2 nitrogen and oxygen atoms in total. The lowest BCUT2D eigenvalue weighted by atomic mass is 10.2. The smallest absolute Gasteiger partial charge is 0.122 e. The maximum Gasteiger partial charge on any atom is 0.122 e. The predicted octanol–water partition coefficient (Wildman–Crippen LogP) is 4.22. The fourth-order valence-electron chi connectivity index (χ4n) is 1.48. The van der Waals surface area contributed by atoms with Crippen molar-refractivity contribution >= 4 is 15.9 Å². The van der Waals surface area contributed by atoms with Crippen LogP contribution in [0.5, 0.6) is 11.5 Å². The van der Waals surface area contributed by atoms with Gasteiger partial charge in [0.1, 0.15) is 24.7 Å². The topological polar surface area (TPSA) is 18.5 Å². The lowest BCUT2D eigenvalue weighted by Gasteiger charge is -2.08. The molecule has 2 aromatic rings. The SMILES string of the molecule is Cc1ccc(OCCOc2ccc(Br)cc2)cc1. The second-order valence-corrected chi connectivity index (χ2v) is 4.88. The number of halogens is 1. The third kappa shape index (κ3) is 4.08. The van der Waals surface area contributed by atoms with Crippen molar-refractivity contribution in [1.82, 2.24) is 0 Å². The van der Waals surface area contributed by atoms with E-state index in [-0.39, 0.29) is 0 Å². The van der Waals surface area contributed by atoms with Crippen LogP contribution in [0.3, 0.4) is 0 Å². The first-order chi connectivity index (χ1) is 8.74. The number of ether oxygens (including phenoxy) is 2.